The number of rotatable bonds is 5. The summed E-state index contributed by atoms with van der Waals surface area (Å²) in [6.07, 6.45) is -5.35. The lowest BCUT2D eigenvalue weighted by molar-refractivity contribution is -0.192. The molecule has 0 aliphatic heterocycles. The lowest BCUT2D eigenvalue weighted by Crippen LogP contribution is -2.60. The van der Waals surface area contributed by atoms with E-state index in [2.05, 4.69) is 10.6 Å². The van der Waals surface area contributed by atoms with Crippen molar-refractivity contribution in [1.29, 1.82) is 0 Å². The van der Waals surface area contributed by atoms with Crippen LogP contribution < -0.4 is 21.3 Å². The number of halogens is 3. The van der Waals surface area contributed by atoms with Crippen LogP contribution in [0.25, 0.3) is 0 Å². The Hall–Kier alpha value is -4.55. The number of amides is 2. The number of carbonyl (C=O) groups excluding carboxylic acids is 5. The summed E-state index contributed by atoms with van der Waals surface area (Å²) < 4.78 is 31.7. The van der Waals surface area contributed by atoms with Crippen LogP contribution in [0.1, 0.15) is 43.1 Å². The quantitative estimate of drug-likeness (QED) is 0.114. The number of aliphatic carboxylic acids is 1. The maximum atomic E-state index is 14.4. The zero-order valence-corrected chi connectivity index (χ0v) is 25.7. The van der Waals surface area contributed by atoms with Crippen molar-refractivity contribution < 1.29 is 67.5 Å². The molecule has 0 radical (unpaired) electrons. The molecule has 2 fully saturated rings. The summed E-state index contributed by atoms with van der Waals surface area (Å²) in [6.45, 7) is 5.45. The van der Waals surface area contributed by atoms with E-state index in [0.717, 1.165) is 0 Å². The molecule has 2 amide bonds. The molecule has 15 nitrogen and oxygen atoms in total. The van der Waals surface area contributed by atoms with Crippen molar-refractivity contribution in [3.63, 3.8) is 0 Å². The monoisotopic (exact) mass is 670 g/mol. The number of aliphatic hydroxyl groups excluding tert-OH is 1. The van der Waals surface area contributed by atoms with Gasteiger partial charge < -0.3 is 46.8 Å². The Morgan fingerprint density at radius 2 is 1.62 bits per heavy atom. The van der Waals surface area contributed by atoms with Gasteiger partial charge in [-0.15, -0.1) is 0 Å². The van der Waals surface area contributed by atoms with Crippen LogP contribution in [0.15, 0.2) is 17.4 Å². The standard InChI is InChI=1S/C27H32N4O9.C2HF3O2/c1-24(2,3)29-9-15(32)30-12-8-13(31(4)5)11-6-10-7-14-26(39)20(35)17(22(28)37)21(36)27(14,40)25(10,23(26)38)19(34)16(11)18(12)33;3-2(4,5)1(6)7/h8,10,14,29,33,36,39-40H,6-7,9H2,1-5H3,(H2,28,37)(H,30,32);(H,6,7)/t10-,14+,25?,26+,27-;/m0./s1. The summed E-state index contributed by atoms with van der Waals surface area (Å²) in [5.41, 5.74) is -4.44. The minimum absolute atomic E-state index is 0.0596. The van der Waals surface area contributed by atoms with Crippen molar-refractivity contribution in [2.24, 2.45) is 23.0 Å². The molecular weight excluding hydrogens is 637 g/mol. The number of benzene rings is 1. The van der Waals surface area contributed by atoms with Crippen LogP contribution in [0.2, 0.25) is 0 Å². The molecule has 1 aromatic rings. The molecule has 256 valence electrons. The van der Waals surface area contributed by atoms with E-state index in [4.69, 9.17) is 15.6 Å². The number of anilines is 2. The van der Waals surface area contributed by atoms with Crippen molar-refractivity contribution in [2.75, 3.05) is 30.9 Å². The topological polar surface area (TPSA) is 257 Å². The van der Waals surface area contributed by atoms with Crippen molar-refractivity contribution in [3.05, 3.63) is 28.5 Å². The molecule has 18 heteroatoms. The number of phenolic OH excluding ortho intramolecular Hbond substituents is 1. The average molecular weight is 671 g/mol. The Morgan fingerprint density at radius 1 is 1.06 bits per heavy atom. The molecule has 1 spiro atoms. The predicted molar refractivity (Wildman–Crippen MR) is 153 cm³/mol. The van der Waals surface area contributed by atoms with Gasteiger partial charge in [0.05, 0.1) is 17.8 Å². The van der Waals surface area contributed by atoms with E-state index in [0.29, 0.717) is 11.3 Å². The number of primary amides is 1. The molecule has 4 bridgehead atoms. The second-order valence-electron chi connectivity index (χ2n) is 13.1. The first-order chi connectivity index (χ1) is 21.3. The number of ketones is 3. The molecule has 2 saturated carbocycles. The van der Waals surface area contributed by atoms with Crippen LogP contribution >= 0.6 is 0 Å². The van der Waals surface area contributed by atoms with Crippen molar-refractivity contribution >= 4 is 46.5 Å². The highest BCUT2D eigenvalue weighted by atomic mass is 19.4. The first-order valence-corrected chi connectivity index (χ1v) is 14.0. The van der Waals surface area contributed by atoms with Crippen LogP contribution in [0.5, 0.6) is 5.75 Å². The van der Waals surface area contributed by atoms with Crippen LogP contribution in [0.3, 0.4) is 0 Å². The average Bonchev–Trinajstić information content (AvgIpc) is 3.27. The first-order valence-electron chi connectivity index (χ1n) is 14.0. The molecule has 5 atom stereocenters. The molecule has 1 aromatic carbocycles. The molecule has 4 aliphatic carbocycles. The number of carboxylic acids is 1. The largest absolute Gasteiger partial charge is 0.508 e. The Morgan fingerprint density at radius 3 is 2.09 bits per heavy atom. The van der Waals surface area contributed by atoms with Gasteiger partial charge in [-0.2, -0.15) is 13.2 Å². The summed E-state index contributed by atoms with van der Waals surface area (Å²) in [4.78, 5) is 76.8. The number of alkyl halides is 3. The Bertz CT molecular complexity index is 1680. The Kier molecular flexibility index (Phi) is 8.07. The molecule has 0 saturated heterocycles. The van der Waals surface area contributed by atoms with Gasteiger partial charge in [-0.05, 0) is 51.2 Å². The zero-order chi connectivity index (χ0) is 36.0. The van der Waals surface area contributed by atoms with Gasteiger partial charge in [0.15, 0.2) is 17.2 Å². The van der Waals surface area contributed by atoms with Gasteiger partial charge in [-0.1, -0.05) is 0 Å². The van der Waals surface area contributed by atoms with Crippen molar-refractivity contribution in [2.45, 2.75) is 56.5 Å². The number of carboxylic acid groups (broad SMARTS) is 1. The summed E-state index contributed by atoms with van der Waals surface area (Å²) in [7, 11) is 3.35. The maximum Gasteiger partial charge on any atom is 0.490 e. The number of nitrogens with two attached hydrogens (primary N) is 1. The lowest BCUT2D eigenvalue weighted by atomic mass is 9.58. The van der Waals surface area contributed by atoms with Gasteiger partial charge in [0.25, 0.3) is 5.91 Å². The molecule has 9 N–H and O–H groups in total. The normalized spacial score (nSPS) is 29.1. The zero-order valence-electron chi connectivity index (χ0n) is 25.7. The highest BCUT2D eigenvalue weighted by Crippen LogP contribution is 2.73. The number of hydrogen-bond donors (Lipinski definition) is 8. The number of aromatic hydroxyl groups is 1. The number of hydrogen-bond acceptors (Lipinski definition) is 12. The van der Waals surface area contributed by atoms with Crippen molar-refractivity contribution in [1.82, 2.24) is 5.32 Å². The molecule has 0 heterocycles. The van der Waals surface area contributed by atoms with E-state index in [1.807, 2.05) is 20.8 Å². The number of carbonyl (C=O) groups is 6. The van der Waals surface area contributed by atoms with E-state index >= 15 is 0 Å². The first kappa shape index (κ1) is 35.3. The third kappa shape index (κ3) is 4.76. The van der Waals surface area contributed by atoms with Crippen LogP contribution in [0.4, 0.5) is 24.5 Å². The highest BCUT2D eigenvalue weighted by molar-refractivity contribution is 6.37. The molecule has 1 unspecified atom stereocenters. The minimum atomic E-state index is -5.08. The Balaban J connectivity index is 0.000000644. The van der Waals surface area contributed by atoms with Gasteiger partial charge in [-0.3, -0.25) is 24.0 Å². The lowest BCUT2D eigenvalue weighted by Gasteiger charge is -2.43. The van der Waals surface area contributed by atoms with Crippen LogP contribution in [-0.4, -0.2) is 104 Å². The van der Waals surface area contributed by atoms with Gasteiger partial charge in [-0.25, -0.2) is 4.79 Å². The summed E-state index contributed by atoms with van der Waals surface area (Å²) in [5, 5.41) is 58.3. The van der Waals surface area contributed by atoms with E-state index in [1.54, 1.807) is 19.0 Å². The number of aliphatic hydroxyl groups is 3. The number of Topliss-reactive ketones (excluding diaryl/α,β-unsaturated/α-hetero) is 3. The molecule has 0 aromatic heterocycles. The van der Waals surface area contributed by atoms with Gasteiger partial charge in [0.2, 0.25) is 11.7 Å². The van der Waals surface area contributed by atoms with Gasteiger partial charge in [0, 0.05) is 31.2 Å². The number of fused-ring (bicyclic) bond motifs is 1. The molecular formula is C29H33F3N4O11. The highest BCUT2D eigenvalue weighted by Gasteiger charge is 2.90. The van der Waals surface area contributed by atoms with Crippen LogP contribution in [0, 0.1) is 17.3 Å². The summed E-state index contributed by atoms with van der Waals surface area (Å²) in [5.74, 6) is -13.3. The van der Waals surface area contributed by atoms with E-state index in [-0.39, 0.29) is 30.6 Å². The molecule has 47 heavy (non-hydrogen) atoms. The third-order valence-corrected chi connectivity index (χ3v) is 9.06. The summed E-state index contributed by atoms with van der Waals surface area (Å²) >= 11 is 0. The predicted octanol–water partition coefficient (Wildman–Crippen LogP) is -0.296. The third-order valence-electron chi connectivity index (χ3n) is 9.06. The fourth-order valence-electron chi connectivity index (χ4n) is 7.16. The number of nitrogens with one attached hydrogen (secondary N) is 2. The maximum absolute atomic E-state index is 14.4. The second kappa shape index (κ2) is 10.7. The SMILES string of the molecule is CN(C)c1cc(NC(=O)CNC(C)(C)C)c(O)c2c1C[C@H]1C[C@@H]3[C@@]4(O)C(=O)C(C(N)=O)=C(O)[C@]3(O)C1(C2=O)C4=O.O=C(O)C(F)(F)F. The number of nitrogens with zero attached hydrogens (tertiary/aromatic N) is 1. The number of phenols is 1. The second-order valence-corrected chi connectivity index (χ2v) is 13.1. The fraction of sp³-hybridized carbons (Fsp3) is 0.517. The molecule has 4 aliphatic rings. The minimum Gasteiger partial charge on any atom is -0.508 e. The smallest absolute Gasteiger partial charge is 0.490 e. The summed E-state index contributed by atoms with van der Waals surface area (Å²) in [6, 6.07) is 1.48. The van der Waals surface area contributed by atoms with Gasteiger partial charge in [0.1, 0.15) is 28.1 Å². The van der Waals surface area contributed by atoms with E-state index in [9.17, 15) is 57.6 Å². The van der Waals surface area contributed by atoms with Crippen molar-refractivity contribution in [3.8, 4) is 5.75 Å². The van der Waals surface area contributed by atoms with Gasteiger partial charge >= 0.3 is 12.1 Å². The fourth-order valence-corrected chi connectivity index (χ4v) is 7.16. The Labute approximate surface area is 264 Å². The molecule has 5 rings (SSSR count). The van der Waals surface area contributed by atoms with Crippen LogP contribution in [-0.2, 0) is 30.4 Å². The van der Waals surface area contributed by atoms with E-state index < -0.39 is 92.4 Å². The van der Waals surface area contributed by atoms with E-state index in [1.165, 1.54) is 6.07 Å².